The summed E-state index contributed by atoms with van der Waals surface area (Å²) in [7, 11) is 0. The van der Waals surface area contributed by atoms with E-state index in [0.29, 0.717) is 0 Å². The van der Waals surface area contributed by atoms with E-state index in [1.807, 2.05) is 18.2 Å². The van der Waals surface area contributed by atoms with Crippen LogP contribution in [-0.4, -0.2) is 8.97 Å². The molecule has 0 N–H and O–H groups in total. The molecule has 0 aliphatic rings. The lowest BCUT2D eigenvalue weighted by molar-refractivity contribution is 0.668. The Morgan fingerprint density at radius 3 is 1.92 bits per heavy atom. The first-order valence-corrected chi connectivity index (χ1v) is 17.8. The molecule has 240 valence electrons. The van der Waals surface area contributed by atoms with Gasteiger partial charge in [-0.1, -0.05) is 91.0 Å². The van der Waals surface area contributed by atoms with Crippen molar-refractivity contribution in [1.82, 2.24) is 8.97 Å². The molecule has 0 unspecified atom stereocenters. The second-order valence-corrected chi connectivity index (χ2v) is 14.0. The molecule has 0 saturated heterocycles. The molecule has 4 heteroatoms. The molecule has 0 bridgehead atoms. The first kappa shape index (κ1) is 26.8. The van der Waals surface area contributed by atoms with Crippen molar-refractivity contribution < 1.29 is 8.83 Å². The Hall–Kier alpha value is -7.04. The lowest BCUT2D eigenvalue weighted by Crippen LogP contribution is -1.93. The average Bonchev–Trinajstić information content (AvgIpc) is 3.99. The van der Waals surface area contributed by atoms with Crippen molar-refractivity contribution in [3.63, 3.8) is 0 Å². The van der Waals surface area contributed by atoms with Gasteiger partial charge in [0, 0.05) is 65.6 Å². The highest BCUT2D eigenvalue weighted by Crippen LogP contribution is 2.46. The molecular formula is C48H26N2O2. The van der Waals surface area contributed by atoms with Gasteiger partial charge in [0.25, 0.3) is 0 Å². The van der Waals surface area contributed by atoms with Crippen LogP contribution in [0.5, 0.6) is 0 Å². The van der Waals surface area contributed by atoms with Crippen molar-refractivity contribution in [2.75, 3.05) is 0 Å². The molecule has 13 aromatic rings. The molecule has 5 aromatic heterocycles. The van der Waals surface area contributed by atoms with Crippen LogP contribution in [0.1, 0.15) is 0 Å². The molecule has 0 aliphatic carbocycles. The Morgan fingerprint density at radius 2 is 1.00 bits per heavy atom. The number of furan rings is 2. The van der Waals surface area contributed by atoms with E-state index in [0.717, 1.165) is 60.6 Å². The number of rotatable bonds is 2. The Kier molecular flexibility index (Phi) is 4.83. The fourth-order valence-electron chi connectivity index (χ4n) is 9.34. The number of aromatic nitrogens is 2. The van der Waals surface area contributed by atoms with Crippen LogP contribution in [-0.2, 0) is 0 Å². The van der Waals surface area contributed by atoms with Gasteiger partial charge in [0.1, 0.15) is 22.3 Å². The molecule has 0 amide bonds. The Morgan fingerprint density at radius 1 is 0.346 bits per heavy atom. The van der Waals surface area contributed by atoms with Gasteiger partial charge in [-0.25, -0.2) is 0 Å². The van der Waals surface area contributed by atoms with Crippen LogP contribution >= 0.6 is 0 Å². The number of para-hydroxylation sites is 4. The number of benzene rings is 8. The lowest BCUT2D eigenvalue weighted by Gasteiger charge is -2.09. The van der Waals surface area contributed by atoms with E-state index in [-0.39, 0.29) is 0 Å². The lowest BCUT2D eigenvalue weighted by atomic mass is 9.97. The minimum atomic E-state index is 0.886. The third-order valence-electron chi connectivity index (χ3n) is 11.4. The van der Waals surface area contributed by atoms with Crippen LogP contribution in [0.4, 0.5) is 0 Å². The smallest absolute Gasteiger partial charge is 0.137 e. The summed E-state index contributed by atoms with van der Waals surface area (Å²) in [5, 5.41) is 12.1. The number of fused-ring (bicyclic) bond motifs is 16. The largest absolute Gasteiger partial charge is 0.456 e. The second-order valence-electron chi connectivity index (χ2n) is 14.0. The highest BCUT2D eigenvalue weighted by atomic mass is 16.3. The van der Waals surface area contributed by atoms with Gasteiger partial charge in [-0.15, -0.1) is 0 Å². The topological polar surface area (TPSA) is 35.6 Å². The van der Waals surface area contributed by atoms with E-state index >= 15 is 0 Å². The molecule has 13 rings (SSSR count). The van der Waals surface area contributed by atoms with Gasteiger partial charge in [-0.3, -0.25) is 0 Å². The van der Waals surface area contributed by atoms with Crippen LogP contribution in [0.2, 0.25) is 0 Å². The van der Waals surface area contributed by atoms with Gasteiger partial charge in [-0.05, 0) is 71.8 Å². The van der Waals surface area contributed by atoms with Crippen LogP contribution in [0.3, 0.4) is 0 Å². The van der Waals surface area contributed by atoms with Gasteiger partial charge < -0.3 is 17.8 Å². The van der Waals surface area contributed by atoms with E-state index in [1.165, 1.54) is 59.9 Å². The summed E-state index contributed by atoms with van der Waals surface area (Å²) < 4.78 is 17.6. The standard InChI is InChI=1S/C48H26N2O2/c1-4-15-37-30(9-1)33-13-7-14-35-46-40(50(37)48(33)35)24-23-39-47(46)36-25-27(29-12-8-18-43-45(29)34-11-3-6-17-42(34)51-43)19-22-38(36)49(39)28-20-21-32-31-10-2-5-16-41(31)52-44(32)26-28/h1-26H. The summed E-state index contributed by atoms with van der Waals surface area (Å²) in [6.07, 6.45) is 0. The number of nitrogens with zero attached hydrogens (tertiary/aromatic N) is 2. The molecule has 0 saturated carbocycles. The summed E-state index contributed by atoms with van der Waals surface area (Å²) in [6, 6.07) is 56.8. The first-order chi connectivity index (χ1) is 25.8. The zero-order valence-electron chi connectivity index (χ0n) is 27.7. The SMILES string of the molecule is c1ccc2c(c1)oc1cc(-n3c4ccc(-c5cccc6oc7ccccc7c56)cc4c4c5c6cccc7c8ccccc8n(c5ccc43)c76)ccc12. The van der Waals surface area contributed by atoms with Gasteiger partial charge in [-0.2, -0.15) is 0 Å². The predicted octanol–water partition coefficient (Wildman–Crippen LogP) is 13.4. The second kappa shape index (κ2) is 9.39. The molecular weight excluding hydrogens is 637 g/mol. The summed E-state index contributed by atoms with van der Waals surface area (Å²) in [5.41, 5.74) is 13.1. The molecule has 0 atom stereocenters. The zero-order chi connectivity index (χ0) is 33.7. The van der Waals surface area contributed by atoms with Gasteiger partial charge in [0.05, 0.1) is 27.6 Å². The maximum Gasteiger partial charge on any atom is 0.137 e. The minimum Gasteiger partial charge on any atom is -0.456 e. The quantitative estimate of drug-likeness (QED) is 0.185. The first-order valence-electron chi connectivity index (χ1n) is 17.8. The molecule has 0 spiro atoms. The normalized spacial score (nSPS) is 12.6. The van der Waals surface area contributed by atoms with Gasteiger partial charge >= 0.3 is 0 Å². The fourth-order valence-corrected chi connectivity index (χ4v) is 9.34. The van der Waals surface area contributed by atoms with Crippen LogP contribution in [0.15, 0.2) is 167 Å². The predicted molar refractivity (Wildman–Crippen MR) is 215 cm³/mol. The average molecular weight is 663 g/mol. The third kappa shape index (κ3) is 3.23. The molecule has 52 heavy (non-hydrogen) atoms. The molecule has 0 fully saturated rings. The van der Waals surface area contributed by atoms with Crippen molar-refractivity contribution in [3.8, 4) is 16.8 Å². The molecule has 0 radical (unpaired) electrons. The van der Waals surface area contributed by atoms with Crippen LogP contribution in [0, 0.1) is 0 Å². The van der Waals surface area contributed by atoms with E-state index in [9.17, 15) is 0 Å². The Labute approximate surface area is 295 Å². The summed E-state index contributed by atoms with van der Waals surface area (Å²) >= 11 is 0. The van der Waals surface area contributed by atoms with Crippen molar-refractivity contribution in [2.45, 2.75) is 0 Å². The van der Waals surface area contributed by atoms with Crippen molar-refractivity contribution >= 4 is 104 Å². The number of hydrogen-bond acceptors (Lipinski definition) is 2. The molecule has 5 heterocycles. The number of hydrogen-bond donors (Lipinski definition) is 0. The monoisotopic (exact) mass is 662 g/mol. The summed E-state index contributed by atoms with van der Waals surface area (Å²) in [6.45, 7) is 0. The van der Waals surface area contributed by atoms with Crippen molar-refractivity contribution in [1.29, 1.82) is 0 Å². The zero-order valence-corrected chi connectivity index (χ0v) is 27.7. The van der Waals surface area contributed by atoms with Crippen LogP contribution < -0.4 is 0 Å². The highest BCUT2D eigenvalue weighted by molar-refractivity contribution is 6.33. The van der Waals surface area contributed by atoms with E-state index in [1.54, 1.807) is 0 Å². The van der Waals surface area contributed by atoms with Gasteiger partial charge in [0.2, 0.25) is 0 Å². The maximum atomic E-state index is 6.42. The highest BCUT2D eigenvalue weighted by Gasteiger charge is 2.23. The molecule has 8 aromatic carbocycles. The van der Waals surface area contributed by atoms with Crippen LogP contribution in [0.25, 0.3) is 121 Å². The summed E-state index contributed by atoms with van der Waals surface area (Å²) in [4.78, 5) is 0. The third-order valence-corrected chi connectivity index (χ3v) is 11.4. The van der Waals surface area contributed by atoms with E-state index in [4.69, 9.17) is 8.83 Å². The minimum absolute atomic E-state index is 0.886. The summed E-state index contributed by atoms with van der Waals surface area (Å²) in [5.74, 6) is 0. The Bertz CT molecular complexity index is 3650. The van der Waals surface area contributed by atoms with E-state index in [2.05, 4.69) is 148 Å². The molecule has 4 nitrogen and oxygen atoms in total. The maximum absolute atomic E-state index is 6.42. The van der Waals surface area contributed by atoms with Crippen molar-refractivity contribution in [2.24, 2.45) is 0 Å². The van der Waals surface area contributed by atoms with E-state index < -0.39 is 0 Å². The fraction of sp³-hybridized carbons (Fsp3) is 0. The Balaban J connectivity index is 1.19. The molecule has 0 aliphatic heterocycles. The van der Waals surface area contributed by atoms with Gasteiger partial charge in [0.15, 0.2) is 0 Å². The van der Waals surface area contributed by atoms with Crippen molar-refractivity contribution in [3.05, 3.63) is 158 Å².